The quantitative estimate of drug-likeness (QED) is 0.673. The predicted octanol–water partition coefficient (Wildman–Crippen LogP) is 5.49. The topological polar surface area (TPSA) is 30.5 Å². The van der Waals surface area contributed by atoms with Crippen LogP contribution >= 0.6 is 43.5 Å². The summed E-state index contributed by atoms with van der Waals surface area (Å²) in [6.45, 7) is 0.640. The standard InChI is InChI=1S/C15H14Br2ClNO2/c1-20-14-5-9(11(16)7-15(14)21-2)8-19-13-4-3-10(18)6-12(13)17/h3-7,19H,8H2,1-2H3. The Kier molecular flexibility index (Phi) is 5.79. The van der Waals surface area contributed by atoms with Gasteiger partial charge in [0, 0.05) is 26.2 Å². The molecule has 0 aliphatic rings. The van der Waals surface area contributed by atoms with Crippen molar-refractivity contribution in [3.8, 4) is 11.5 Å². The number of methoxy groups -OCH3 is 2. The maximum Gasteiger partial charge on any atom is 0.161 e. The second-order valence-electron chi connectivity index (χ2n) is 4.28. The highest BCUT2D eigenvalue weighted by Gasteiger charge is 2.10. The van der Waals surface area contributed by atoms with Crippen molar-refractivity contribution in [2.75, 3.05) is 19.5 Å². The Bertz CT molecular complexity index is 650. The number of ether oxygens (including phenoxy) is 2. The van der Waals surface area contributed by atoms with E-state index in [0.29, 0.717) is 23.1 Å². The van der Waals surface area contributed by atoms with E-state index < -0.39 is 0 Å². The smallest absolute Gasteiger partial charge is 0.161 e. The molecule has 0 saturated carbocycles. The summed E-state index contributed by atoms with van der Waals surface area (Å²) in [6.07, 6.45) is 0. The van der Waals surface area contributed by atoms with Gasteiger partial charge in [0.2, 0.25) is 0 Å². The third kappa shape index (κ3) is 4.05. The number of nitrogens with one attached hydrogen (secondary N) is 1. The molecule has 0 bridgehead atoms. The van der Waals surface area contributed by atoms with Crippen molar-refractivity contribution in [3.05, 3.63) is 49.9 Å². The summed E-state index contributed by atoms with van der Waals surface area (Å²) in [5.74, 6) is 1.40. The van der Waals surface area contributed by atoms with Gasteiger partial charge in [-0.3, -0.25) is 0 Å². The number of halogens is 3. The summed E-state index contributed by atoms with van der Waals surface area (Å²) >= 11 is 13.0. The van der Waals surface area contributed by atoms with Gasteiger partial charge in [0.25, 0.3) is 0 Å². The van der Waals surface area contributed by atoms with E-state index in [-0.39, 0.29) is 0 Å². The molecule has 0 saturated heterocycles. The summed E-state index contributed by atoms with van der Waals surface area (Å²) in [5.41, 5.74) is 2.04. The molecule has 0 fully saturated rings. The van der Waals surface area contributed by atoms with Gasteiger partial charge in [-0.1, -0.05) is 27.5 Å². The van der Waals surface area contributed by atoms with Gasteiger partial charge in [-0.05, 0) is 51.8 Å². The van der Waals surface area contributed by atoms with Crippen molar-refractivity contribution in [1.29, 1.82) is 0 Å². The van der Waals surface area contributed by atoms with Crippen molar-refractivity contribution >= 4 is 49.1 Å². The van der Waals surface area contributed by atoms with Gasteiger partial charge in [0.05, 0.1) is 14.2 Å². The number of rotatable bonds is 5. The summed E-state index contributed by atoms with van der Waals surface area (Å²) < 4.78 is 12.5. The minimum Gasteiger partial charge on any atom is -0.493 e. The van der Waals surface area contributed by atoms with Crippen LogP contribution in [-0.2, 0) is 6.54 Å². The number of hydrogen-bond acceptors (Lipinski definition) is 3. The van der Waals surface area contributed by atoms with Crippen molar-refractivity contribution in [3.63, 3.8) is 0 Å². The van der Waals surface area contributed by atoms with Crippen molar-refractivity contribution in [1.82, 2.24) is 0 Å². The predicted molar refractivity (Wildman–Crippen MR) is 93.7 cm³/mol. The zero-order valence-corrected chi connectivity index (χ0v) is 15.5. The van der Waals surface area contributed by atoms with Crippen LogP contribution in [0.5, 0.6) is 11.5 Å². The van der Waals surface area contributed by atoms with Crippen LogP contribution in [0.1, 0.15) is 5.56 Å². The van der Waals surface area contributed by atoms with Gasteiger partial charge in [0.1, 0.15) is 0 Å². The van der Waals surface area contributed by atoms with Crippen LogP contribution in [0.4, 0.5) is 5.69 Å². The molecule has 0 atom stereocenters. The van der Waals surface area contributed by atoms with E-state index in [0.717, 1.165) is 20.2 Å². The fraction of sp³-hybridized carbons (Fsp3) is 0.200. The number of hydrogen-bond donors (Lipinski definition) is 1. The minimum atomic E-state index is 0.640. The first-order valence-electron chi connectivity index (χ1n) is 6.14. The minimum absolute atomic E-state index is 0.640. The van der Waals surface area contributed by atoms with Gasteiger partial charge in [-0.25, -0.2) is 0 Å². The SMILES string of the molecule is COc1cc(Br)c(CNc2ccc(Cl)cc2Br)cc1OC. The zero-order chi connectivity index (χ0) is 15.4. The van der Waals surface area contributed by atoms with E-state index in [9.17, 15) is 0 Å². The van der Waals surface area contributed by atoms with E-state index in [1.165, 1.54) is 0 Å². The first kappa shape index (κ1) is 16.5. The summed E-state index contributed by atoms with van der Waals surface area (Å²) in [4.78, 5) is 0. The normalized spacial score (nSPS) is 10.3. The molecule has 0 aliphatic heterocycles. The van der Waals surface area contributed by atoms with Crippen LogP contribution in [-0.4, -0.2) is 14.2 Å². The highest BCUT2D eigenvalue weighted by atomic mass is 79.9. The molecule has 0 heterocycles. The molecule has 112 valence electrons. The van der Waals surface area contributed by atoms with E-state index in [4.69, 9.17) is 21.1 Å². The maximum atomic E-state index is 5.94. The third-order valence-corrected chi connectivity index (χ3v) is 4.58. The Morgan fingerprint density at radius 2 is 1.67 bits per heavy atom. The average molecular weight is 436 g/mol. The van der Waals surface area contributed by atoms with Crippen LogP contribution in [0, 0.1) is 0 Å². The Hall–Kier alpha value is -0.910. The molecule has 3 nitrogen and oxygen atoms in total. The van der Waals surface area contributed by atoms with E-state index in [1.54, 1.807) is 14.2 Å². The summed E-state index contributed by atoms with van der Waals surface area (Å²) in [7, 11) is 3.24. The van der Waals surface area contributed by atoms with Crippen LogP contribution in [0.25, 0.3) is 0 Å². The number of anilines is 1. The molecule has 0 spiro atoms. The first-order chi connectivity index (χ1) is 10.0. The fourth-order valence-corrected chi connectivity index (χ4v) is 3.14. The van der Waals surface area contributed by atoms with E-state index >= 15 is 0 Å². The second kappa shape index (κ2) is 7.38. The summed E-state index contributed by atoms with van der Waals surface area (Å²) in [5, 5.41) is 4.05. The van der Waals surface area contributed by atoms with Crippen LogP contribution in [0.15, 0.2) is 39.3 Å². The Morgan fingerprint density at radius 3 is 2.29 bits per heavy atom. The Labute approximate surface area is 145 Å². The maximum absolute atomic E-state index is 5.94. The highest BCUT2D eigenvalue weighted by Crippen LogP contribution is 2.34. The summed E-state index contributed by atoms with van der Waals surface area (Å²) in [6, 6.07) is 9.47. The molecule has 0 amide bonds. The average Bonchev–Trinajstić information content (AvgIpc) is 2.47. The molecule has 0 aliphatic carbocycles. The fourth-order valence-electron chi connectivity index (χ4n) is 1.86. The van der Waals surface area contributed by atoms with E-state index in [2.05, 4.69) is 37.2 Å². The van der Waals surface area contributed by atoms with Crippen molar-refractivity contribution in [2.45, 2.75) is 6.54 Å². The molecular weight excluding hydrogens is 421 g/mol. The van der Waals surface area contributed by atoms with Crippen LogP contribution in [0.3, 0.4) is 0 Å². The second-order valence-corrected chi connectivity index (χ2v) is 6.42. The van der Waals surface area contributed by atoms with Crippen LogP contribution in [0.2, 0.25) is 5.02 Å². The molecule has 0 radical (unpaired) electrons. The molecule has 21 heavy (non-hydrogen) atoms. The van der Waals surface area contributed by atoms with Gasteiger partial charge in [-0.15, -0.1) is 0 Å². The molecular formula is C15H14Br2ClNO2. The van der Waals surface area contributed by atoms with E-state index in [1.807, 2.05) is 30.3 Å². The third-order valence-electron chi connectivity index (χ3n) is 2.95. The highest BCUT2D eigenvalue weighted by molar-refractivity contribution is 9.11. The lowest BCUT2D eigenvalue weighted by molar-refractivity contribution is 0.354. The molecule has 6 heteroatoms. The van der Waals surface area contributed by atoms with Gasteiger partial charge < -0.3 is 14.8 Å². The molecule has 1 N–H and O–H groups in total. The lowest BCUT2D eigenvalue weighted by Crippen LogP contribution is -2.02. The zero-order valence-electron chi connectivity index (χ0n) is 11.5. The molecule has 0 aromatic heterocycles. The van der Waals surface area contributed by atoms with Crippen molar-refractivity contribution in [2.24, 2.45) is 0 Å². The monoisotopic (exact) mass is 433 g/mol. The largest absolute Gasteiger partial charge is 0.493 e. The lowest BCUT2D eigenvalue weighted by atomic mass is 10.2. The number of benzene rings is 2. The van der Waals surface area contributed by atoms with Gasteiger partial charge >= 0.3 is 0 Å². The lowest BCUT2D eigenvalue weighted by Gasteiger charge is -2.14. The first-order valence-corrected chi connectivity index (χ1v) is 8.11. The molecule has 2 rings (SSSR count). The van der Waals surface area contributed by atoms with Gasteiger partial charge in [0.15, 0.2) is 11.5 Å². The molecule has 2 aromatic rings. The van der Waals surface area contributed by atoms with Crippen LogP contribution < -0.4 is 14.8 Å². The van der Waals surface area contributed by atoms with Crippen molar-refractivity contribution < 1.29 is 9.47 Å². The van der Waals surface area contributed by atoms with Gasteiger partial charge in [-0.2, -0.15) is 0 Å². The molecule has 0 unspecified atom stereocenters. The Morgan fingerprint density at radius 1 is 1.00 bits per heavy atom. The Balaban J connectivity index is 2.19. The molecule has 2 aromatic carbocycles.